The molecule has 0 saturated carbocycles. The van der Waals surface area contributed by atoms with Crippen molar-refractivity contribution in [2.45, 2.75) is 26.0 Å². The largest absolute Gasteiger partial charge is 0.489 e. The fourth-order valence-corrected chi connectivity index (χ4v) is 1.55. The number of ether oxygens (including phenoxy) is 3. The molecule has 0 spiro atoms. The van der Waals surface area contributed by atoms with Crippen LogP contribution in [-0.2, 0) is 9.47 Å². The Hall–Kier alpha value is -1.21. The Morgan fingerprint density at radius 3 is 2.74 bits per heavy atom. The van der Waals surface area contributed by atoms with Gasteiger partial charge in [-0.2, -0.15) is 0 Å². The zero-order valence-electron chi connectivity index (χ0n) is 11.8. The zero-order valence-corrected chi connectivity index (χ0v) is 11.8. The van der Waals surface area contributed by atoms with Crippen molar-refractivity contribution >= 4 is 0 Å². The molecule has 6 heteroatoms. The summed E-state index contributed by atoms with van der Waals surface area (Å²) in [6.07, 6.45) is 3.54. The molecular formula is C13H23N3O3. The standard InChI is InChI=1S/C13H23N3O3/c1-10(2)19-12-6-11(7-15-8-12)13(16-14)9-18-5-4-17-3/h6-8,10,13,16H,4-5,9,14H2,1-3H3. The summed E-state index contributed by atoms with van der Waals surface area (Å²) in [6, 6.07) is 1.79. The first kappa shape index (κ1) is 15.8. The summed E-state index contributed by atoms with van der Waals surface area (Å²) < 4.78 is 16.0. The van der Waals surface area contributed by atoms with Crippen molar-refractivity contribution < 1.29 is 14.2 Å². The lowest BCUT2D eigenvalue weighted by molar-refractivity contribution is 0.0585. The minimum Gasteiger partial charge on any atom is -0.489 e. The van der Waals surface area contributed by atoms with E-state index >= 15 is 0 Å². The number of aromatic nitrogens is 1. The molecule has 1 unspecified atom stereocenters. The van der Waals surface area contributed by atoms with Gasteiger partial charge in [-0.05, 0) is 25.5 Å². The summed E-state index contributed by atoms with van der Waals surface area (Å²) in [5, 5.41) is 0. The number of methoxy groups -OCH3 is 1. The highest BCUT2D eigenvalue weighted by Gasteiger charge is 2.11. The van der Waals surface area contributed by atoms with Crippen molar-refractivity contribution in [3.63, 3.8) is 0 Å². The third-order valence-corrected chi connectivity index (χ3v) is 2.43. The van der Waals surface area contributed by atoms with E-state index in [9.17, 15) is 0 Å². The molecule has 19 heavy (non-hydrogen) atoms. The van der Waals surface area contributed by atoms with Crippen molar-refractivity contribution in [3.8, 4) is 5.75 Å². The van der Waals surface area contributed by atoms with Crippen molar-refractivity contribution in [2.24, 2.45) is 5.84 Å². The van der Waals surface area contributed by atoms with E-state index in [4.69, 9.17) is 20.1 Å². The summed E-state index contributed by atoms with van der Waals surface area (Å²) >= 11 is 0. The van der Waals surface area contributed by atoms with Gasteiger partial charge in [0.2, 0.25) is 0 Å². The van der Waals surface area contributed by atoms with E-state index in [0.717, 1.165) is 11.3 Å². The predicted molar refractivity (Wildman–Crippen MR) is 72.8 cm³/mol. The summed E-state index contributed by atoms with van der Waals surface area (Å²) in [7, 11) is 1.64. The molecule has 0 aliphatic carbocycles. The van der Waals surface area contributed by atoms with Gasteiger partial charge in [0.25, 0.3) is 0 Å². The van der Waals surface area contributed by atoms with Crippen LogP contribution < -0.4 is 16.0 Å². The quantitative estimate of drug-likeness (QED) is 0.396. The summed E-state index contributed by atoms with van der Waals surface area (Å²) in [6.45, 7) is 5.49. The van der Waals surface area contributed by atoms with E-state index in [1.165, 1.54) is 0 Å². The van der Waals surface area contributed by atoms with Gasteiger partial charge in [0.05, 0.1) is 38.2 Å². The van der Waals surface area contributed by atoms with Gasteiger partial charge >= 0.3 is 0 Å². The maximum Gasteiger partial charge on any atom is 0.138 e. The summed E-state index contributed by atoms with van der Waals surface area (Å²) in [5.74, 6) is 6.27. The van der Waals surface area contributed by atoms with Crippen LogP contribution in [0.2, 0.25) is 0 Å². The van der Waals surface area contributed by atoms with Gasteiger partial charge in [0.15, 0.2) is 0 Å². The van der Waals surface area contributed by atoms with Crippen LogP contribution in [0.25, 0.3) is 0 Å². The van der Waals surface area contributed by atoms with Crippen LogP contribution in [0.5, 0.6) is 5.75 Å². The molecule has 0 aromatic carbocycles. The Bertz CT molecular complexity index is 361. The summed E-state index contributed by atoms with van der Waals surface area (Å²) in [5.41, 5.74) is 3.64. The molecule has 0 aliphatic rings. The fraction of sp³-hybridized carbons (Fsp3) is 0.615. The average Bonchev–Trinajstić information content (AvgIpc) is 2.38. The van der Waals surface area contributed by atoms with Crippen LogP contribution in [0, 0.1) is 0 Å². The molecule has 3 N–H and O–H groups in total. The minimum atomic E-state index is -0.125. The molecule has 0 radical (unpaired) electrons. The Morgan fingerprint density at radius 2 is 2.11 bits per heavy atom. The first-order valence-electron chi connectivity index (χ1n) is 6.31. The van der Waals surface area contributed by atoms with E-state index < -0.39 is 0 Å². The van der Waals surface area contributed by atoms with Crippen molar-refractivity contribution in [3.05, 3.63) is 24.0 Å². The maximum absolute atomic E-state index is 5.60. The Morgan fingerprint density at radius 1 is 1.32 bits per heavy atom. The molecule has 0 aliphatic heterocycles. The second-order valence-electron chi connectivity index (χ2n) is 4.41. The van der Waals surface area contributed by atoms with Gasteiger partial charge < -0.3 is 14.2 Å². The Balaban J connectivity index is 2.59. The number of pyridine rings is 1. The number of nitrogens with zero attached hydrogens (tertiary/aromatic N) is 1. The van der Waals surface area contributed by atoms with Gasteiger partial charge in [-0.3, -0.25) is 16.3 Å². The van der Waals surface area contributed by atoms with Gasteiger partial charge in [0, 0.05) is 13.3 Å². The van der Waals surface area contributed by atoms with Crippen LogP contribution in [0.1, 0.15) is 25.5 Å². The smallest absolute Gasteiger partial charge is 0.138 e. The second kappa shape index (κ2) is 8.82. The van der Waals surface area contributed by atoms with Gasteiger partial charge in [-0.25, -0.2) is 0 Å². The Kier molecular flexibility index (Phi) is 7.35. The lowest BCUT2D eigenvalue weighted by Crippen LogP contribution is -2.31. The number of rotatable bonds is 9. The number of nitrogens with one attached hydrogen (secondary N) is 1. The number of hydrogen-bond acceptors (Lipinski definition) is 6. The van der Waals surface area contributed by atoms with E-state index in [0.29, 0.717) is 19.8 Å². The van der Waals surface area contributed by atoms with E-state index in [1.807, 2.05) is 19.9 Å². The molecule has 0 bridgehead atoms. The third-order valence-electron chi connectivity index (χ3n) is 2.43. The number of hydrazine groups is 1. The van der Waals surface area contributed by atoms with Crippen molar-refractivity contribution in [2.75, 3.05) is 26.9 Å². The van der Waals surface area contributed by atoms with Crippen LogP contribution in [0.4, 0.5) is 0 Å². The SMILES string of the molecule is COCCOCC(NN)c1cncc(OC(C)C)c1. The van der Waals surface area contributed by atoms with Gasteiger partial charge in [-0.15, -0.1) is 0 Å². The third kappa shape index (κ3) is 5.98. The zero-order chi connectivity index (χ0) is 14.1. The molecule has 0 saturated heterocycles. The molecule has 6 nitrogen and oxygen atoms in total. The molecule has 1 aromatic heterocycles. The molecule has 0 fully saturated rings. The number of nitrogens with two attached hydrogens (primary N) is 1. The van der Waals surface area contributed by atoms with Crippen LogP contribution in [0.15, 0.2) is 18.5 Å². The highest BCUT2D eigenvalue weighted by molar-refractivity contribution is 5.26. The number of hydrogen-bond donors (Lipinski definition) is 2. The average molecular weight is 269 g/mol. The van der Waals surface area contributed by atoms with Crippen LogP contribution in [-0.4, -0.2) is 38.0 Å². The lowest BCUT2D eigenvalue weighted by Gasteiger charge is -2.17. The van der Waals surface area contributed by atoms with Gasteiger partial charge in [0.1, 0.15) is 5.75 Å². The molecule has 108 valence electrons. The molecule has 1 aromatic rings. The van der Waals surface area contributed by atoms with E-state index in [1.54, 1.807) is 19.5 Å². The lowest BCUT2D eigenvalue weighted by atomic mass is 10.1. The second-order valence-corrected chi connectivity index (χ2v) is 4.41. The maximum atomic E-state index is 5.60. The Labute approximate surface area is 114 Å². The topological polar surface area (TPSA) is 78.6 Å². The molecular weight excluding hydrogens is 246 g/mol. The minimum absolute atomic E-state index is 0.110. The monoisotopic (exact) mass is 269 g/mol. The van der Waals surface area contributed by atoms with Gasteiger partial charge in [-0.1, -0.05) is 0 Å². The van der Waals surface area contributed by atoms with Crippen LogP contribution in [0.3, 0.4) is 0 Å². The normalized spacial score (nSPS) is 12.7. The van der Waals surface area contributed by atoms with Crippen LogP contribution >= 0.6 is 0 Å². The molecule has 1 rings (SSSR count). The first-order valence-corrected chi connectivity index (χ1v) is 6.31. The van der Waals surface area contributed by atoms with E-state index in [2.05, 4.69) is 10.4 Å². The summed E-state index contributed by atoms with van der Waals surface area (Å²) in [4.78, 5) is 4.15. The molecule has 1 atom stereocenters. The predicted octanol–water partition coefficient (Wildman–Crippen LogP) is 1.04. The molecule has 1 heterocycles. The van der Waals surface area contributed by atoms with Crippen molar-refractivity contribution in [1.82, 2.24) is 10.4 Å². The highest BCUT2D eigenvalue weighted by Crippen LogP contribution is 2.18. The first-order chi connectivity index (χ1) is 9.17. The fourth-order valence-electron chi connectivity index (χ4n) is 1.55. The van der Waals surface area contributed by atoms with E-state index in [-0.39, 0.29) is 12.1 Å². The molecule has 0 amide bonds. The van der Waals surface area contributed by atoms with Crippen molar-refractivity contribution in [1.29, 1.82) is 0 Å². The highest BCUT2D eigenvalue weighted by atomic mass is 16.5.